The van der Waals surface area contributed by atoms with Gasteiger partial charge in [-0.25, -0.2) is 0 Å². The summed E-state index contributed by atoms with van der Waals surface area (Å²) < 4.78 is 6.96. The Hall–Kier alpha value is -0.900. The van der Waals surface area contributed by atoms with Crippen molar-refractivity contribution >= 4 is 21.4 Å². The molecule has 0 saturated carbocycles. The van der Waals surface area contributed by atoms with Crippen molar-refractivity contribution in [3.8, 4) is 0 Å². The van der Waals surface area contributed by atoms with Crippen molar-refractivity contribution in [1.82, 2.24) is 5.32 Å². The average Bonchev–Trinajstić information content (AvgIpc) is 3.08. The Labute approximate surface area is 118 Å². The number of ether oxygens (including phenoxy) is 1. The van der Waals surface area contributed by atoms with Gasteiger partial charge >= 0.3 is 0 Å². The molecular weight excluding hydrogens is 254 g/mol. The molecule has 2 aromatic rings. The van der Waals surface area contributed by atoms with Crippen molar-refractivity contribution in [2.24, 2.45) is 5.92 Å². The van der Waals surface area contributed by atoms with E-state index in [0.717, 1.165) is 19.8 Å². The molecule has 1 aromatic carbocycles. The second-order valence-corrected chi connectivity index (χ2v) is 6.18. The zero-order valence-corrected chi connectivity index (χ0v) is 12.2. The largest absolute Gasteiger partial charge is 0.381 e. The highest BCUT2D eigenvalue weighted by Gasteiger charge is 2.22. The third-order valence-electron chi connectivity index (χ3n) is 3.93. The Morgan fingerprint density at radius 3 is 3.16 bits per heavy atom. The Morgan fingerprint density at radius 2 is 2.37 bits per heavy atom. The molecule has 1 N–H and O–H groups in total. The second-order valence-electron chi connectivity index (χ2n) is 5.26. The summed E-state index contributed by atoms with van der Waals surface area (Å²) in [5.41, 5.74) is 1.46. The highest BCUT2D eigenvalue weighted by atomic mass is 32.1. The minimum atomic E-state index is 0.457. The molecular formula is C16H21NOS. The van der Waals surface area contributed by atoms with E-state index in [1.165, 1.54) is 28.5 Å². The summed E-state index contributed by atoms with van der Waals surface area (Å²) in [6, 6.07) is 9.34. The van der Waals surface area contributed by atoms with Crippen LogP contribution in [0, 0.1) is 5.92 Å². The predicted molar refractivity (Wildman–Crippen MR) is 81.8 cm³/mol. The van der Waals surface area contributed by atoms with Gasteiger partial charge in [-0.1, -0.05) is 25.1 Å². The zero-order valence-electron chi connectivity index (χ0n) is 11.4. The van der Waals surface area contributed by atoms with Gasteiger partial charge in [-0.05, 0) is 47.7 Å². The number of thiophene rings is 1. The lowest BCUT2D eigenvalue weighted by Gasteiger charge is -2.22. The highest BCUT2D eigenvalue weighted by Crippen LogP contribution is 2.33. The molecule has 1 saturated heterocycles. The van der Waals surface area contributed by atoms with Gasteiger partial charge in [-0.2, -0.15) is 0 Å². The third kappa shape index (κ3) is 2.83. The van der Waals surface area contributed by atoms with Crippen LogP contribution in [-0.4, -0.2) is 19.8 Å². The van der Waals surface area contributed by atoms with E-state index in [2.05, 4.69) is 41.9 Å². The fourth-order valence-electron chi connectivity index (χ4n) is 2.96. The number of hydrogen-bond donors (Lipinski definition) is 1. The molecule has 2 unspecified atom stereocenters. The van der Waals surface area contributed by atoms with Gasteiger partial charge in [-0.3, -0.25) is 0 Å². The van der Waals surface area contributed by atoms with Crippen LogP contribution in [0.1, 0.15) is 31.4 Å². The third-order valence-corrected chi connectivity index (χ3v) is 4.91. The van der Waals surface area contributed by atoms with Crippen LogP contribution < -0.4 is 5.32 Å². The number of nitrogens with one attached hydrogen (secondary N) is 1. The number of hydrogen-bond acceptors (Lipinski definition) is 3. The molecule has 0 aliphatic carbocycles. The minimum Gasteiger partial charge on any atom is -0.381 e. The minimum absolute atomic E-state index is 0.457. The summed E-state index contributed by atoms with van der Waals surface area (Å²) >= 11 is 1.85. The fraction of sp³-hybridized carbons (Fsp3) is 0.500. The summed E-state index contributed by atoms with van der Waals surface area (Å²) in [7, 11) is 0. The summed E-state index contributed by atoms with van der Waals surface area (Å²) in [4.78, 5) is 0. The van der Waals surface area contributed by atoms with Gasteiger partial charge in [0, 0.05) is 24.0 Å². The van der Waals surface area contributed by atoms with Gasteiger partial charge in [0.25, 0.3) is 0 Å². The molecule has 2 atom stereocenters. The van der Waals surface area contributed by atoms with Crippen LogP contribution in [0.15, 0.2) is 29.6 Å². The molecule has 1 aliphatic rings. The van der Waals surface area contributed by atoms with Gasteiger partial charge in [0.2, 0.25) is 0 Å². The quantitative estimate of drug-likeness (QED) is 0.891. The van der Waals surface area contributed by atoms with Crippen LogP contribution in [0.25, 0.3) is 10.1 Å². The smallest absolute Gasteiger partial charge is 0.0495 e. The summed E-state index contributed by atoms with van der Waals surface area (Å²) in [6.45, 7) is 5.07. The maximum absolute atomic E-state index is 5.52. The molecule has 1 fully saturated rings. The molecule has 1 aliphatic heterocycles. The molecule has 0 bridgehead atoms. The molecule has 19 heavy (non-hydrogen) atoms. The lowest BCUT2D eigenvalue weighted by atomic mass is 9.93. The Bertz CT molecular complexity index is 530. The molecule has 1 aromatic heterocycles. The fourth-order valence-corrected chi connectivity index (χ4v) is 3.93. The van der Waals surface area contributed by atoms with Gasteiger partial charge in [-0.15, -0.1) is 11.3 Å². The molecule has 3 heteroatoms. The molecule has 2 heterocycles. The first-order valence-electron chi connectivity index (χ1n) is 7.15. The van der Waals surface area contributed by atoms with Gasteiger partial charge < -0.3 is 10.1 Å². The molecule has 3 rings (SSSR count). The number of benzene rings is 1. The van der Waals surface area contributed by atoms with E-state index >= 15 is 0 Å². The summed E-state index contributed by atoms with van der Waals surface area (Å²) in [6.07, 6.45) is 2.40. The van der Waals surface area contributed by atoms with Crippen molar-refractivity contribution in [2.75, 3.05) is 19.8 Å². The standard InChI is InChI=1S/C16H21NOS/c1-2-17-15(10-12-6-8-18-11-12)14-5-3-4-13-7-9-19-16(13)14/h3-5,7,9,12,15,17H,2,6,8,10-11H2,1H3. The van der Waals surface area contributed by atoms with E-state index in [9.17, 15) is 0 Å². The van der Waals surface area contributed by atoms with E-state index in [0.29, 0.717) is 12.0 Å². The first kappa shape index (κ1) is 13.1. The molecule has 102 valence electrons. The monoisotopic (exact) mass is 275 g/mol. The van der Waals surface area contributed by atoms with Crippen LogP contribution in [0.5, 0.6) is 0 Å². The molecule has 0 amide bonds. The second kappa shape index (κ2) is 6.04. The molecule has 0 spiro atoms. The summed E-state index contributed by atoms with van der Waals surface area (Å²) in [5, 5.41) is 7.22. The van der Waals surface area contributed by atoms with Gasteiger partial charge in [0.1, 0.15) is 0 Å². The number of fused-ring (bicyclic) bond motifs is 1. The average molecular weight is 275 g/mol. The van der Waals surface area contributed by atoms with E-state index in [-0.39, 0.29) is 0 Å². The van der Waals surface area contributed by atoms with E-state index in [1.807, 2.05) is 11.3 Å². The van der Waals surface area contributed by atoms with Crippen LogP contribution >= 0.6 is 11.3 Å². The van der Waals surface area contributed by atoms with Crippen LogP contribution in [0.3, 0.4) is 0 Å². The Kier molecular flexibility index (Phi) is 4.16. The summed E-state index contributed by atoms with van der Waals surface area (Å²) in [5.74, 6) is 0.708. The zero-order chi connectivity index (χ0) is 13.1. The van der Waals surface area contributed by atoms with E-state index in [4.69, 9.17) is 4.74 Å². The van der Waals surface area contributed by atoms with E-state index < -0.39 is 0 Å². The lowest BCUT2D eigenvalue weighted by Crippen LogP contribution is -2.23. The van der Waals surface area contributed by atoms with Gasteiger partial charge in [0.15, 0.2) is 0 Å². The predicted octanol–water partition coefficient (Wildman–Crippen LogP) is 3.98. The van der Waals surface area contributed by atoms with E-state index in [1.54, 1.807) is 0 Å². The van der Waals surface area contributed by atoms with Crippen molar-refractivity contribution < 1.29 is 4.74 Å². The van der Waals surface area contributed by atoms with Crippen LogP contribution in [-0.2, 0) is 4.74 Å². The van der Waals surface area contributed by atoms with Crippen molar-refractivity contribution in [2.45, 2.75) is 25.8 Å². The van der Waals surface area contributed by atoms with Crippen molar-refractivity contribution in [1.29, 1.82) is 0 Å². The lowest BCUT2D eigenvalue weighted by molar-refractivity contribution is 0.181. The number of rotatable bonds is 5. The topological polar surface area (TPSA) is 21.3 Å². The first-order valence-corrected chi connectivity index (χ1v) is 8.03. The Morgan fingerprint density at radius 1 is 1.42 bits per heavy atom. The molecule has 2 nitrogen and oxygen atoms in total. The normalized spacial score (nSPS) is 21.0. The maximum atomic E-state index is 5.52. The van der Waals surface area contributed by atoms with Crippen LogP contribution in [0.4, 0.5) is 0 Å². The van der Waals surface area contributed by atoms with Crippen molar-refractivity contribution in [3.05, 3.63) is 35.2 Å². The first-order chi connectivity index (χ1) is 9.38. The maximum Gasteiger partial charge on any atom is 0.0495 e. The SMILES string of the molecule is CCNC(CC1CCOC1)c1cccc2ccsc12. The highest BCUT2D eigenvalue weighted by molar-refractivity contribution is 7.17. The molecule has 0 radical (unpaired) electrons. The van der Waals surface area contributed by atoms with Gasteiger partial charge in [0.05, 0.1) is 0 Å². The van der Waals surface area contributed by atoms with Crippen LogP contribution in [0.2, 0.25) is 0 Å². The van der Waals surface area contributed by atoms with Crippen molar-refractivity contribution in [3.63, 3.8) is 0 Å². The Balaban J connectivity index is 1.87.